The summed E-state index contributed by atoms with van der Waals surface area (Å²) >= 11 is 9.09. The molecule has 1 saturated carbocycles. The zero-order chi connectivity index (χ0) is 49.4. The highest BCUT2D eigenvalue weighted by atomic mass is 32.1. The highest BCUT2D eigenvalue weighted by Crippen LogP contribution is 2.36. The van der Waals surface area contributed by atoms with Gasteiger partial charge in [0.15, 0.2) is 0 Å². The van der Waals surface area contributed by atoms with Crippen molar-refractivity contribution in [2.24, 2.45) is 17.4 Å². The van der Waals surface area contributed by atoms with Crippen molar-refractivity contribution in [3.63, 3.8) is 0 Å². The Hall–Kier alpha value is -4.90. The van der Waals surface area contributed by atoms with Gasteiger partial charge in [0, 0.05) is 53.5 Å². The number of carbonyl (C=O) groups excluding carboxylic acids is 7. The number of hydrogen-bond acceptors (Lipinski definition) is 13. The summed E-state index contributed by atoms with van der Waals surface area (Å²) in [5.74, 6) is -6.99. The zero-order valence-corrected chi connectivity index (χ0v) is 40.3. The molecule has 9 atom stereocenters. The Labute approximate surface area is 402 Å². The van der Waals surface area contributed by atoms with Crippen LogP contribution in [0, 0.1) is 5.92 Å². The number of aromatic amines is 1. The van der Waals surface area contributed by atoms with E-state index in [-0.39, 0.29) is 50.4 Å². The van der Waals surface area contributed by atoms with Crippen molar-refractivity contribution < 1.29 is 48.6 Å². The molecule has 7 amide bonds. The Bertz CT molecular complexity index is 2050. The number of aliphatic hydroxyl groups excluding tert-OH is 1. The number of rotatable bonds is 25. The van der Waals surface area contributed by atoms with Crippen molar-refractivity contribution in [3.8, 4) is 0 Å². The van der Waals surface area contributed by atoms with Crippen LogP contribution in [0.3, 0.4) is 0 Å². The van der Waals surface area contributed by atoms with Crippen LogP contribution in [0.15, 0.2) is 30.5 Å². The van der Waals surface area contributed by atoms with Crippen LogP contribution in [0.5, 0.6) is 0 Å². The smallest absolute Gasteiger partial charge is 0.326 e. The predicted molar refractivity (Wildman–Crippen MR) is 258 cm³/mol. The topological polar surface area (TPSA) is 320 Å². The van der Waals surface area contributed by atoms with Gasteiger partial charge in [-0.25, -0.2) is 4.79 Å². The first-order valence-corrected chi connectivity index (χ1v) is 24.3. The summed E-state index contributed by atoms with van der Waals surface area (Å²) in [6, 6.07) is -1.44. The number of aromatic nitrogens is 1. The number of carboxylic acid groups (broad SMARTS) is 1. The van der Waals surface area contributed by atoms with E-state index in [0.717, 1.165) is 48.6 Å². The van der Waals surface area contributed by atoms with E-state index in [1.807, 2.05) is 31.2 Å². The molecule has 2 heterocycles. The van der Waals surface area contributed by atoms with Gasteiger partial charge in [0.2, 0.25) is 41.4 Å². The fraction of sp³-hybridized carbons (Fsp3) is 0.644. The van der Waals surface area contributed by atoms with Crippen LogP contribution in [0.4, 0.5) is 0 Å². The Morgan fingerprint density at radius 3 is 2.10 bits per heavy atom. The minimum atomic E-state index is -1.65. The van der Waals surface area contributed by atoms with E-state index in [1.165, 1.54) is 11.8 Å². The van der Waals surface area contributed by atoms with Crippen molar-refractivity contribution >= 4 is 83.5 Å². The van der Waals surface area contributed by atoms with Gasteiger partial charge < -0.3 is 63.5 Å². The first-order chi connectivity index (χ1) is 31.9. The van der Waals surface area contributed by atoms with Crippen molar-refractivity contribution in [2.45, 2.75) is 151 Å². The Balaban J connectivity index is 1.45. The minimum Gasteiger partial charge on any atom is -0.480 e. The average Bonchev–Trinajstić information content (AvgIpc) is 3.96. The van der Waals surface area contributed by atoms with Gasteiger partial charge in [-0.05, 0) is 69.5 Å². The van der Waals surface area contributed by atoms with E-state index in [0.29, 0.717) is 19.3 Å². The molecule has 22 heteroatoms. The second-order valence-corrected chi connectivity index (χ2v) is 19.1. The first kappa shape index (κ1) is 54.7. The largest absolute Gasteiger partial charge is 0.480 e. The molecule has 2 aliphatic rings. The zero-order valence-electron chi connectivity index (χ0n) is 38.6. The van der Waals surface area contributed by atoms with Crippen LogP contribution in [-0.2, 0) is 44.8 Å². The van der Waals surface area contributed by atoms with Gasteiger partial charge in [-0.15, -0.1) is 0 Å². The molecule has 1 saturated heterocycles. The van der Waals surface area contributed by atoms with Gasteiger partial charge in [0.1, 0.15) is 42.3 Å². The number of para-hydroxylation sites is 1. The summed E-state index contributed by atoms with van der Waals surface area (Å²) in [6.07, 6.45) is 6.49. The maximum Gasteiger partial charge on any atom is 0.326 e. The molecule has 1 aromatic carbocycles. The molecular weight excluding hydrogens is 905 g/mol. The lowest BCUT2D eigenvalue weighted by atomic mass is 9.85. The summed E-state index contributed by atoms with van der Waals surface area (Å²) in [7, 11) is 0. The molecule has 20 nitrogen and oxygen atoms in total. The summed E-state index contributed by atoms with van der Waals surface area (Å²) in [6.45, 7) is 4.69. The van der Waals surface area contributed by atoms with Crippen LogP contribution in [-0.4, -0.2) is 146 Å². The molecule has 0 spiro atoms. The summed E-state index contributed by atoms with van der Waals surface area (Å²) in [5.41, 5.74) is 13.0. The molecule has 0 unspecified atom stereocenters. The molecule has 4 rings (SSSR count). The van der Waals surface area contributed by atoms with Crippen molar-refractivity contribution in [1.82, 2.24) is 41.8 Å². The fourth-order valence-corrected chi connectivity index (χ4v) is 9.27. The molecule has 2 aromatic rings. The van der Waals surface area contributed by atoms with Gasteiger partial charge in [0.05, 0.1) is 6.10 Å². The van der Waals surface area contributed by atoms with Crippen LogP contribution in [0.25, 0.3) is 10.9 Å². The highest BCUT2D eigenvalue weighted by Gasteiger charge is 2.40. The van der Waals surface area contributed by atoms with E-state index in [2.05, 4.69) is 49.5 Å². The number of likely N-dealkylation sites (tertiary alicyclic amines) is 1. The highest BCUT2D eigenvalue weighted by molar-refractivity contribution is 7.81. The number of aliphatic carboxylic acids is 1. The van der Waals surface area contributed by atoms with Crippen molar-refractivity contribution in [3.05, 3.63) is 36.0 Å². The number of thiol groups is 2. The Kier molecular flexibility index (Phi) is 21.2. The second-order valence-electron chi connectivity index (χ2n) is 17.8. The molecule has 0 radical (unpaired) electrons. The standard InChI is InChI=1S/C45H70N10O10S2/c1-4-25(2)36(53-38(58)31(20-27-23-48-29-13-7-6-12-28(27)29)49-35(57)21-45(67)16-8-5-9-17-45)41(61)54-37(26(3)56)42(62)51-32(22-47)39(59)52-33(24-66)43(63)55-19-11-15-34(55)40(60)50-30(44(64)65)14-10-18-46/h6-7,12-13,23,25-26,30-34,36-37,48,56,66-67H,4-5,8-11,14-22,24,46-47H2,1-3H3,(H,49,57)(H,50,60)(H,51,62)(H,52,59)(H,53,58)(H,54,61)(H,64,65)/t25-,26+,30-,31+,32-,33-,34-,36-,37-/m0/s1. The van der Waals surface area contributed by atoms with Crippen LogP contribution >= 0.6 is 25.3 Å². The first-order valence-electron chi connectivity index (χ1n) is 23.2. The normalized spacial score (nSPS) is 19.3. The average molecular weight is 975 g/mol. The van der Waals surface area contributed by atoms with Gasteiger partial charge in [-0.2, -0.15) is 25.3 Å². The Morgan fingerprint density at radius 1 is 0.836 bits per heavy atom. The number of aliphatic hydroxyl groups is 1. The van der Waals surface area contributed by atoms with Crippen molar-refractivity contribution in [1.29, 1.82) is 0 Å². The monoisotopic (exact) mass is 974 g/mol. The van der Waals surface area contributed by atoms with E-state index in [9.17, 15) is 48.6 Å². The van der Waals surface area contributed by atoms with E-state index < -0.39 is 107 Å². The van der Waals surface area contributed by atoms with Gasteiger partial charge in [-0.3, -0.25) is 33.6 Å². The molecule has 372 valence electrons. The lowest BCUT2D eigenvalue weighted by Crippen LogP contribution is -2.63. The third-order valence-electron chi connectivity index (χ3n) is 12.7. The third kappa shape index (κ3) is 15.3. The molecule has 1 aromatic heterocycles. The molecular formula is C45H70N10O10S2. The second kappa shape index (κ2) is 26.0. The molecule has 0 bridgehead atoms. The number of nitrogens with zero attached hydrogens (tertiary/aromatic N) is 1. The number of benzene rings is 1. The van der Waals surface area contributed by atoms with Gasteiger partial charge in [-0.1, -0.05) is 57.7 Å². The van der Waals surface area contributed by atoms with Crippen LogP contribution in [0.1, 0.15) is 97.0 Å². The number of nitrogens with one attached hydrogen (secondary N) is 7. The van der Waals surface area contributed by atoms with Gasteiger partial charge in [0.25, 0.3) is 0 Å². The van der Waals surface area contributed by atoms with Crippen LogP contribution < -0.4 is 43.4 Å². The number of H-pyrrole nitrogens is 1. The Morgan fingerprint density at radius 2 is 1.48 bits per heavy atom. The summed E-state index contributed by atoms with van der Waals surface area (Å²) < 4.78 is -0.507. The molecule has 2 fully saturated rings. The summed E-state index contributed by atoms with van der Waals surface area (Å²) in [5, 5.41) is 36.9. The number of carbonyl (C=O) groups is 8. The summed E-state index contributed by atoms with van der Waals surface area (Å²) in [4.78, 5) is 112. The number of fused-ring (bicyclic) bond motifs is 1. The number of hydrogen-bond donors (Lipinski definition) is 13. The molecule has 1 aliphatic heterocycles. The van der Waals surface area contributed by atoms with Crippen LogP contribution in [0.2, 0.25) is 0 Å². The van der Waals surface area contributed by atoms with E-state index in [1.54, 1.807) is 13.1 Å². The van der Waals surface area contributed by atoms with Crippen molar-refractivity contribution in [2.75, 3.05) is 25.4 Å². The minimum absolute atomic E-state index is 0.0910. The molecule has 67 heavy (non-hydrogen) atoms. The van der Waals surface area contributed by atoms with E-state index >= 15 is 0 Å². The van der Waals surface area contributed by atoms with Gasteiger partial charge >= 0.3 is 5.97 Å². The van der Waals surface area contributed by atoms with E-state index in [4.69, 9.17) is 24.1 Å². The lowest BCUT2D eigenvalue weighted by molar-refractivity contribution is -0.145. The lowest BCUT2D eigenvalue weighted by Gasteiger charge is -2.33. The number of amides is 7. The maximum absolute atomic E-state index is 14.3. The molecule has 13 N–H and O–H groups in total. The predicted octanol–water partition coefficient (Wildman–Crippen LogP) is -0.228. The fourth-order valence-electron chi connectivity index (χ4n) is 8.57. The maximum atomic E-state index is 14.3. The molecule has 1 aliphatic carbocycles. The third-order valence-corrected chi connectivity index (χ3v) is 13.7. The number of nitrogens with two attached hydrogens (primary N) is 2. The SMILES string of the molecule is CC[C@H](C)[C@H](NC(=O)[C@@H](Cc1c[nH]c2ccccc12)NC(=O)CC1(S)CCCCC1)C(=O)N[C@H](C(=O)N[C@@H](CN)C(=O)N[C@@H](CS)C(=O)N1CCC[C@H]1C(=O)N[C@@H](CCCN)C(=O)O)[C@@H](C)O. The quantitative estimate of drug-likeness (QED) is 0.0575. The number of carboxylic acids is 1.